The number of carboxylic acids is 1. The minimum Gasteiger partial charge on any atom is -0.497 e. The summed E-state index contributed by atoms with van der Waals surface area (Å²) < 4.78 is 21.9. The van der Waals surface area contributed by atoms with Gasteiger partial charge in [-0.2, -0.15) is 0 Å². The minimum absolute atomic E-state index is 0.0725. The van der Waals surface area contributed by atoms with Crippen LogP contribution < -0.4 is 19.6 Å². The molecule has 0 aliphatic heterocycles. The van der Waals surface area contributed by atoms with E-state index in [2.05, 4.69) is 0 Å². The van der Waals surface area contributed by atoms with Crippen LogP contribution in [0.15, 0.2) is 51.7 Å². The molecule has 1 aromatic heterocycles. The number of hydrogen-bond donors (Lipinski definition) is 1. The fourth-order valence-electron chi connectivity index (χ4n) is 2.50. The van der Waals surface area contributed by atoms with Crippen LogP contribution in [0, 0.1) is 6.92 Å². The summed E-state index contributed by atoms with van der Waals surface area (Å²) in [6.07, 6.45) is -1.02. The van der Waals surface area contributed by atoms with Crippen molar-refractivity contribution in [2.75, 3.05) is 7.11 Å². The van der Waals surface area contributed by atoms with Gasteiger partial charge in [0.1, 0.15) is 28.6 Å². The van der Waals surface area contributed by atoms with Crippen LogP contribution in [0.4, 0.5) is 0 Å². The molecule has 0 bridgehead atoms. The van der Waals surface area contributed by atoms with Crippen molar-refractivity contribution in [1.29, 1.82) is 0 Å². The average molecular weight is 370 g/mol. The van der Waals surface area contributed by atoms with E-state index in [1.165, 1.54) is 25.1 Å². The molecular weight excluding hydrogens is 352 g/mol. The molecule has 0 radical (unpaired) electrons. The molecule has 2 aromatic carbocycles. The Bertz CT molecular complexity index is 1050. The molecule has 0 unspecified atom stereocenters. The first-order valence-electron chi connectivity index (χ1n) is 8.18. The maximum Gasteiger partial charge on any atom is 0.344 e. The van der Waals surface area contributed by atoms with Crippen molar-refractivity contribution in [3.63, 3.8) is 0 Å². The summed E-state index contributed by atoms with van der Waals surface area (Å²) in [5.74, 6) is 0.613. The van der Waals surface area contributed by atoms with Crippen LogP contribution in [-0.4, -0.2) is 24.3 Å². The van der Waals surface area contributed by atoms with Crippen LogP contribution in [-0.2, 0) is 4.79 Å². The summed E-state index contributed by atoms with van der Waals surface area (Å²) in [6, 6.07) is 11.4. The molecule has 140 valence electrons. The molecule has 1 heterocycles. The standard InChI is InChI=1S/C20H18O7/c1-11-19(27-14-6-4-5-13(9-14)24-3)18(21)16-8-7-15(10-17(16)26-11)25-12(2)20(22)23/h4-10,12H,1-3H3,(H,22,23)/t12-/m1/s1. The minimum atomic E-state index is -1.09. The normalized spacial score (nSPS) is 11.8. The molecule has 7 nitrogen and oxygen atoms in total. The Kier molecular flexibility index (Phi) is 5.03. The van der Waals surface area contributed by atoms with E-state index >= 15 is 0 Å². The lowest BCUT2D eigenvalue weighted by Gasteiger charge is -2.12. The van der Waals surface area contributed by atoms with E-state index in [0.29, 0.717) is 28.4 Å². The van der Waals surface area contributed by atoms with E-state index in [-0.39, 0.29) is 16.8 Å². The molecule has 0 spiro atoms. The fourth-order valence-corrected chi connectivity index (χ4v) is 2.50. The number of methoxy groups -OCH3 is 1. The molecule has 0 amide bonds. The van der Waals surface area contributed by atoms with Crippen LogP contribution in [0.3, 0.4) is 0 Å². The quantitative estimate of drug-likeness (QED) is 0.706. The Balaban J connectivity index is 1.98. The maximum atomic E-state index is 12.8. The van der Waals surface area contributed by atoms with Gasteiger partial charge in [-0.05, 0) is 38.1 Å². The number of hydrogen-bond acceptors (Lipinski definition) is 6. The number of fused-ring (bicyclic) bond motifs is 1. The van der Waals surface area contributed by atoms with Gasteiger partial charge < -0.3 is 23.7 Å². The number of ether oxygens (including phenoxy) is 3. The number of rotatable bonds is 6. The second-order valence-electron chi connectivity index (χ2n) is 5.85. The highest BCUT2D eigenvalue weighted by Gasteiger charge is 2.17. The largest absolute Gasteiger partial charge is 0.497 e. The van der Waals surface area contributed by atoms with Crippen LogP contribution in [0.25, 0.3) is 11.0 Å². The van der Waals surface area contributed by atoms with Crippen molar-refractivity contribution in [2.24, 2.45) is 0 Å². The third-order valence-corrected chi connectivity index (χ3v) is 3.91. The number of aliphatic carboxylic acids is 1. The number of benzene rings is 2. The summed E-state index contributed by atoms with van der Waals surface area (Å²) in [5.41, 5.74) is -0.0556. The third-order valence-electron chi connectivity index (χ3n) is 3.91. The first-order valence-corrected chi connectivity index (χ1v) is 8.18. The van der Waals surface area contributed by atoms with E-state index in [4.69, 9.17) is 23.7 Å². The topological polar surface area (TPSA) is 95.2 Å². The van der Waals surface area contributed by atoms with Crippen molar-refractivity contribution in [3.8, 4) is 23.0 Å². The smallest absolute Gasteiger partial charge is 0.344 e. The zero-order valence-corrected chi connectivity index (χ0v) is 15.0. The molecule has 0 saturated carbocycles. The van der Waals surface area contributed by atoms with E-state index < -0.39 is 12.1 Å². The predicted molar refractivity (Wildman–Crippen MR) is 98.0 cm³/mol. The van der Waals surface area contributed by atoms with Crippen molar-refractivity contribution >= 4 is 16.9 Å². The van der Waals surface area contributed by atoms with Gasteiger partial charge in [0.05, 0.1) is 12.5 Å². The monoisotopic (exact) mass is 370 g/mol. The predicted octanol–water partition coefficient (Wildman–Crippen LogP) is 3.75. The van der Waals surface area contributed by atoms with E-state index in [1.807, 2.05) is 0 Å². The van der Waals surface area contributed by atoms with E-state index in [0.717, 1.165) is 0 Å². The third kappa shape index (κ3) is 3.87. The first kappa shape index (κ1) is 18.3. The molecule has 3 rings (SSSR count). The molecule has 27 heavy (non-hydrogen) atoms. The molecule has 1 N–H and O–H groups in total. The van der Waals surface area contributed by atoms with Gasteiger partial charge in [0.25, 0.3) is 0 Å². The lowest BCUT2D eigenvalue weighted by Crippen LogP contribution is -2.22. The molecule has 0 saturated heterocycles. The van der Waals surface area contributed by atoms with Gasteiger partial charge in [0.15, 0.2) is 6.10 Å². The van der Waals surface area contributed by atoms with Crippen molar-refractivity contribution in [2.45, 2.75) is 20.0 Å². The van der Waals surface area contributed by atoms with Crippen LogP contribution >= 0.6 is 0 Å². The van der Waals surface area contributed by atoms with Crippen LogP contribution in [0.2, 0.25) is 0 Å². The Labute approximate surface area is 154 Å². The highest BCUT2D eigenvalue weighted by atomic mass is 16.5. The zero-order chi connectivity index (χ0) is 19.6. The summed E-state index contributed by atoms with van der Waals surface area (Å²) >= 11 is 0. The fraction of sp³-hybridized carbons (Fsp3) is 0.200. The Hall–Kier alpha value is -3.48. The summed E-state index contributed by atoms with van der Waals surface area (Å²) in [5, 5.41) is 9.23. The van der Waals surface area contributed by atoms with Crippen molar-refractivity contribution < 1.29 is 28.5 Å². The maximum absolute atomic E-state index is 12.8. The number of aryl methyl sites for hydroxylation is 1. The molecular formula is C20H18O7. The van der Waals surface area contributed by atoms with Crippen molar-refractivity contribution in [1.82, 2.24) is 0 Å². The van der Waals surface area contributed by atoms with Crippen LogP contribution in [0.5, 0.6) is 23.0 Å². The summed E-state index contributed by atoms with van der Waals surface area (Å²) in [7, 11) is 1.54. The van der Waals surface area contributed by atoms with Gasteiger partial charge in [-0.15, -0.1) is 0 Å². The molecule has 0 aliphatic rings. The zero-order valence-electron chi connectivity index (χ0n) is 15.0. The lowest BCUT2D eigenvalue weighted by atomic mass is 10.2. The number of carboxylic acid groups (broad SMARTS) is 1. The summed E-state index contributed by atoms with van der Waals surface area (Å²) in [6.45, 7) is 3.03. The van der Waals surface area contributed by atoms with Gasteiger partial charge in [-0.3, -0.25) is 4.79 Å². The van der Waals surface area contributed by atoms with Gasteiger partial charge in [-0.25, -0.2) is 4.79 Å². The highest BCUT2D eigenvalue weighted by molar-refractivity contribution is 5.80. The lowest BCUT2D eigenvalue weighted by molar-refractivity contribution is -0.144. The second-order valence-corrected chi connectivity index (χ2v) is 5.85. The Morgan fingerprint density at radius 1 is 1.11 bits per heavy atom. The molecule has 0 aliphatic carbocycles. The highest BCUT2D eigenvalue weighted by Crippen LogP contribution is 2.29. The Morgan fingerprint density at radius 3 is 2.56 bits per heavy atom. The van der Waals surface area contributed by atoms with Gasteiger partial charge in [-0.1, -0.05) is 6.07 Å². The van der Waals surface area contributed by atoms with Gasteiger partial charge in [0, 0.05) is 12.1 Å². The van der Waals surface area contributed by atoms with E-state index in [1.54, 1.807) is 38.3 Å². The average Bonchev–Trinajstić information content (AvgIpc) is 2.65. The Morgan fingerprint density at radius 2 is 1.85 bits per heavy atom. The second kappa shape index (κ2) is 7.41. The first-order chi connectivity index (χ1) is 12.9. The molecule has 7 heteroatoms. The van der Waals surface area contributed by atoms with Gasteiger partial charge in [0.2, 0.25) is 11.2 Å². The SMILES string of the molecule is COc1cccc(Oc2c(C)oc3cc(O[C@H](C)C(=O)O)ccc3c2=O)c1. The number of carbonyl (C=O) groups is 1. The summed E-state index contributed by atoms with van der Waals surface area (Å²) in [4.78, 5) is 23.7. The molecule has 1 atom stereocenters. The van der Waals surface area contributed by atoms with E-state index in [9.17, 15) is 9.59 Å². The molecule has 0 fully saturated rings. The van der Waals surface area contributed by atoms with Crippen LogP contribution in [0.1, 0.15) is 12.7 Å². The molecule has 3 aromatic rings. The van der Waals surface area contributed by atoms with Gasteiger partial charge >= 0.3 is 5.97 Å². The van der Waals surface area contributed by atoms with Crippen molar-refractivity contribution in [3.05, 3.63) is 58.4 Å².